The Kier molecular flexibility index (Phi) is 22.4. The van der Waals surface area contributed by atoms with Gasteiger partial charge in [0.2, 0.25) is 0 Å². The number of para-hydroxylation sites is 1. The van der Waals surface area contributed by atoms with E-state index in [4.69, 9.17) is 20.4 Å². The Morgan fingerprint density at radius 1 is 0.427 bits per heavy atom. The van der Waals surface area contributed by atoms with Crippen LogP contribution >= 0.6 is 67.8 Å². The van der Waals surface area contributed by atoms with Crippen LogP contribution < -0.4 is 16.3 Å². The molecule has 0 aliphatic carbocycles. The van der Waals surface area contributed by atoms with E-state index < -0.39 is 46.9 Å². The smallest absolute Gasteiger partial charge is 0.335 e. The van der Waals surface area contributed by atoms with Gasteiger partial charge in [0.1, 0.15) is 28.6 Å². The average Bonchev–Trinajstić information content (AvgIpc) is 1.64. The first-order chi connectivity index (χ1) is 46.2. The van der Waals surface area contributed by atoms with Gasteiger partial charge in [-0.25, -0.2) is 46.0 Å². The van der Waals surface area contributed by atoms with Crippen molar-refractivity contribution in [3.8, 4) is 50.8 Å². The number of aromatic carboxylic acids is 3. The van der Waals surface area contributed by atoms with Gasteiger partial charge in [0.15, 0.2) is 17.5 Å². The highest BCUT2D eigenvalue weighted by Gasteiger charge is 2.19. The van der Waals surface area contributed by atoms with Crippen LogP contribution in [0.1, 0.15) is 58.9 Å². The number of nitrogens with one attached hydrogen (secondary N) is 3. The van der Waals surface area contributed by atoms with Gasteiger partial charge in [-0.15, -0.1) is 0 Å². The van der Waals surface area contributed by atoms with Crippen LogP contribution in [0.5, 0.6) is 0 Å². The van der Waals surface area contributed by atoms with Gasteiger partial charge in [0.05, 0.1) is 63.8 Å². The van der Waals surface area contributed by atoms with Gasteiger partial charge in [-0.2, -0.15) is 30.6 Å². The second-order valence-corrected chi connectivity index (χ2v) is 24.6. The van der Waals surface area contributed by atoms with Crippen LogP contribution in [0.25, 0.3) is 50.8 Å². The standard InChI is InChI=1S/C24H16F3IN4O2.C24H19IN4O2.C23H16FIN4O2/c1-13-10-19(25)21(27)23(20(13)26)30-29-11-16-12-32(18-8-4-15(5-9-18)24(33)34)31-22(16)14-2-6-17(28)7-3-14;1-16-2-10-21(11-3-16)27-26-14-19-15-29(22-12-6-18(7-13-22)24(30)31)28-23(19)17-4-8-20(25)9-5-17;24-20-3-1-2-4-21(20)27-26-13-17-14-29(19-11-7-16(8-12-19)23(30)31)28-22(17)15-5-9-18(25)10-6-15/h2-12,30H,1H3,(H,33,34);2-15,27H,1H3,(H,30,31);1-14,27H,(H,30,31)/b29-11+;26-14+;26-13+. The Bertz CT molecular complexity index is 4830. The first kappa shape index (κ1) is 68.2. The van der Waals surface area contributed by atoms with Crippen molar-refractivity contribution in [1.82, 2.24) is 29.3 Å². The summed E-state index contributed by atoms with van der Waals surface area (Å²) >= 11 is 6.68. The molecule has 0 fully saturated rings. The van der Waals surface area contributed by atoms with E-state index >= 15 is 0 Å². The SMILES string of the molecule is Cc1cc(F)c(F)c(N/N=C/c2cn(-c3ccc(C(=O)O)cc3)nc2-c2ccc(I)cc2)c1F.Cc1ccc(N/N=C/c2cn(-c3ccc(C(=O)O)cc3)nc2-c2ccc(I)cc2)cc1.O=C(O)c1ccc(-n2cc(/C=N/Nc3ccccc3F)c(-c3ccc(I)cc3)n2)cc1. The molecule has 25 heteroatoms. The molecule has 12 rings (SSSR count). The molecular weight excluding hydrogens is 1570 g/mol. The molecule has 96 heavy (non-hydrogen) atoms. The lowest BCUT2D eigenvalue weighted by atomic mass is 10.1. The number of rotatable bonds is 18. The molecule has 0 bridgehead atoms. The van der Waals surface area contributed by atoms with Crippen molar-refractivity contribution in [3.63, 3.8) is 0 Å². The number of carboxylic acids is 3. The van der Waals surface area contributed by atoms with E-state index in [1.807, 2.05) is 110 Å². The number of hydrogen-bond donors (Lipinski definition) is 6. The summed E-state index contributed by atoms with van der Waals surface area (Å²) in [4.78, 5) is 33.4. The molecule has 0 radical (unpaired) electrons. The molecule has 0 saturated heterocycles. The Balaban J connectivity index is 0.000000157. The van der Waals surface area contributed by atoms with Gasteiger partial charge in [-0.1, -0.05) is 66.2 Å². The van der Waals surface area contributed by atoms with Crippen LogP contribution in [0.3, 0.4) is 0 Å². The Morgan fingerprint density at radius 2 is 0.781 bits per heavy atom. The predicted octanol–water partition coefficient (Wildman–Crippen LogP) is 17.0. The van der Waals surface area contributed by atoms with E-state index in [0.29, 0.717) is 33.9 Å². The van der Waals surface area contributed by atoms with E-state index in [2.05, 4.69) is 110 Å². The second kappa shape index (κ2) is 31.5. The van der Waals surface area contributed by atoms with Crippen LogP contribution in [-0.4, -0.2) is 81.2 Å². The molecule has 6 N–H and O–H groups in total. The van der Waals surface area contributed by atoms with Crippen molar-refractivity contribution in [2.75, 3.05) is 16.3 Å². The molecule has 0 atom stereocenters. The van der Waals surface area contributed by atoms with Crippen LogP contribution in [-0.2, 0) is 0 Å². The number of hydrogen-bond acceptors (Lipinski definition) is 12. The van der Waals surface area contributed by atoms with Crippen molar-refractivity contribution in [3.05, 3.63) is 297 Å². The maximum atomic E-state index is 14.3. The topological polar surface area (TPSA) is 239 Å². The minimum Gasteiger partial charge on any atom is -0.478 e. The second-order valence-electron chi connectivity index (χ2n) is 20.8. The molecule has 18 nitrogen and oxygen atoms in total. The molecule has 12 aromatic rings. The Hall–Kier alpha value is -10.7. The fraction of sp³-hybridized carbons (Fsp3) is 0.0282. The number of carbonyl (C=O) groups is 3. The van der Waals surface area contributed by atoms with Gasteiger partial charge < -0.3 is 15.3 Å². The third-order valence-electron chi connectivity index (χ3n) is 14.1. The molecule has 0 saturated carbocycles. The van der Waals surface area contributed by atoms with Crippen LogP contribution in [0.2, 0.25) is 0 Å². The lowest BCUT2D eigenvalue weighted by molar-refractivity contribution is 0.0686. The largest absolute Gasteiger partial charge is 0.478 e. The minimum atomic E-state index is -1.37. The van der Waals surface area contributed by atoms with Crippen LogP contribution in [0, 0.1) is 47.8 Å². The van der Waals surface area contributed by atoms with E-state index in [9.17, 15) is 31.9 Å². The first-order valence-corrected chi connectivity index (χ1v) is 31.9. The summed E-state index contributed by atoms with van der Waals surface area (Å²) < 4.78 is 64.0. The molecule has 0 aliphatic heterocycles. The lowest BCUT2D eigenvalue weighted by Gasteiger charge is -2.07. The quantitative estimate of drug-likeness (QED) is 0.0155. The summed E-state index contributed by atoms with van der Waals surface area (Å²) in [6.07, 6.45) is 9.94. The van der Waals surface area contributed by atoms with Crippen molar-refractivity contribution in [1.29, 1.82) is 0 Å². The van der Waals surface area contributed by atoms with E-state index in [-0.39, 0.29) is 27.9 Å². The van der Waals surface area contributed by atoms with Gasteiger partial charge in [-0.3, -0.25) is 16.3 Å². The molecule has 0 amide bonds. The summed E-state index contributed by atoms with van der Waals surface area (Å²) in [6, 6.07) is 57.7. The van der Waals surface area contributed by atoms with Gasteiger partial charge >= 0.3 is 17.9 Å². The summed E-state index contributed by atoms with van der Waals surface area (Å²) in [5.41, 5.74) is 18.9. The number of benzene rings is 9. The van der Waals surface area contributed by atoms with Gasteiger partial charge in [0, 0.05) is 62.7 Å². The number of nitrogens with zero attached hydrogens (tertiary/aromatic N) is 9. The average molecular weight is 1620 g/mol. The maximum absolute atomic E-state index is 14.3. The van der Waals surface area contributed by atoms with E-state index in [1.165, 1.54) is 53.7 Å². The summed E-state index contributed by atoms with van der Waals surface area (Å²) in [7, 11) is 0. The van der Waals surface area contributed by atoms with Gasteiger partial charge in [0.25, 0.3) is 0 Å². The summed E-state index contributed by atoms with van der Waals surface area (Å²) in [6.45, 7) is 3.36. The molecule has 0 unspecified atom stereocenters. The fourth-order valence-electron chi connectivity index (χ4n) is 9.13. The lowest BCUT2D eigenvalue weighted by Crippen LogP contribution is -2.02. The molecule has 480 valence electrons. The van der Waals surface area contributed by atoms with Gasteiger partial charge in [-0.05, 0) is 227 Å². The molecular formula is C71H51F4I3N12O6. The normalized spacial score (nSPS) is 11.1. The highest BCUT2D eigenvalue weighted by atomic mass is 127. The zero-order valence-electron chi connectivity index (χ0n) is 50.3. The molecule has 3 heterocycles. The Morgan fingerprint density at radius 3 is 1.15 bits per heavy atom. The number of anilines is 3. The number of aromatic nitrogens is 6. The number of hydrazone groups is 3. The number of halogens is 7. The third kappa shape index (κ3) is 17.4. The van der Waals surface area contributed by atoms with Crippen molar-refractivity contribution >= 4 is 121 Å². The van der Waals surface area contributed by atoms with Crippen molar-refractivity contribution in [2.24, 2.45) is 15.3 Å². The minimum absolute atomic E-state index is 0.0613. The molecule has 3 aromatic heterocycles. The summed E-state index contributed by atoms with van der Waals surface area (Å²) in [5.74, 6) is -6.88. The number of aryl methyl sites for hydroxylation is 2. The van der Waals surface area contributed by atoms with Crippen molar-refractivity contribution < 1.29 is 47.3 Å². The number of carboxylic acid groups (broad SMARTS) is 3. The van der Waals surface area contributed by atoms with Crippen LogP contribution in [0.4, 0.5) is 34.6 Å². The third-order valence-corrected chi connectivity index (χ3v) is 16.3. The van der Waals surface area contributed by atoms with E-state index in [0.717, 1.165) is 56.1 Å². The van der Waals surface area contributed by atoms with Crippen LogP contribution in [0.15, 0.2) is 234 Å². The first-order valence-electron chi connectivity index (χ1n) is 28.7. The Labute approximate surface area is 586 Å². The maximum Gasteiger partial charge on any atom is 0.335 e. The highest BCUT2D eigenvalue weighted by Crippen LogP contribution is 2.29. The molecule has 9 aromatic carbocycles. The van der Waals surface area contributed by atoms with Crippen molar-refractivity contribution in [2.45, 2.75) is 13.8 Å². The monoisotopic (exact) mass is 1620 g/mol. The zero-order chi connectivity index (χ0) is 68.0. The predicted molar refractivity (Wildman–Crippen MR) is 388 cm³/mol. The van der Waals surface area contributed by atoms with E-state index in [1.54, 1.807) is 101 Å². The fourth-order valence-corrected chi connectivity index (χ4v) is 10.2. The summed E-state index contributed by atoms with van der Waals surface area (Å²) in [5, 5.41) is 53.8. The molecule has 0 aliphatic rings. The highest BCUT2D eigenvalue weighted by molar-refractivity contribution is 14.1. The zero-order valence-corrected chi connectivity index (χ0v) is 56.7. The molecule has 0 spiro atoms.